The van der Waals surface area contributed by atoms with Gasteiger partial charge >= 0.3 is 0 Å². The lowest BCUT2D eigenvalue weighted by molar-refractivity contribution is 0.220. The lowest BCUT2D eigenvalue weighted by atomic mass is 9.97. The molecule has 5 heteroatoms. The number of aliphatic hydroxyl groups excluding tert-OH is 1. The van der Waals surface area contributed by atoms with E-state index in [1.807, 2.05) is 12.1 Å². The summed E-state index contributed by atoms with van der Waals surface area (Å²) >= 11 is 3.00. The largest absolute Gasteiger partial charge is 0.384 e. The zero-order valence-corrected chi connectivity index (χ0v) is 12.3. The fraction of sp³-hybridized carbons (Fsp3) is 0.0625. The Hall–Kier alpha value is -1.85. The lowest BCUT2D eigenvalue weighted by Crippen LogP contribution is -2.04. The van der Waals surface area contributed by atoms with E-state index in [4.69, 9.17) is 0 Å². The third-order valence-electron chi connectivity index (χ3n) is 3.33. The second-order valence-corrected chi connectivity index (χ2v) is 5.38. The van der Waals surface area contributed by atoms with Gasteiger partial charge in [0.05, 0.1) is 9.99 Å². The highest BCUT2D eigenvalue weighted by atomic mass is 79.9. The van der Waals surface area contributed by atoms with Crippen LogP contribution in [0.4, 0.5) is 8.78 Å². The first-order valence-electron chi connectivity index (χ1n) is 6.24. The second-order valence-electron chi connectivity index (χ2n) is 4.58. The molecule has 0 saturated heterocycles. The maximum atomic E-state index is 13.6. The Labute approximate surface area is 128 Å². The summed E-state index contributed by atoms with van der Waals surface area (Å²) in [5, 5.41) is 11.3. The Morgan fingerprint density at radius 3 is 2.62 bits per heavy atom. The third-order valence-corrected chi connectivity index (χ3v) is 4.14. The summed E-state index contributed by atoms with van der Waals surface area (Å²) in [5.74, 6) is -1.97. The average molecular weight is 350 g/mol. The van der Waals surface area contributed by atoms with Gasteiger partial charge in [-0.05, 0) is 39.7 Å². The molecule has 3 aromatic rings. The minimum absolute atomic E-state index is 0.0732. The van der Waals surface area contributed by atoms with Crippen LogP contribution in [0.5, 0.6) is 0 Å². The van der Waals surface area contributed by atoms with Crippen molar-refractivity contribution in [2.45, 2.75) is 6.10 Å². The maximum Gasteiger partial charge on any atom is 0.173 e. The Kier molecular flexibility index (Phi) is 3.69. The Bertz CT molecular complexity index is 817. The van der Waals surface area contributed by atoms with Crippen molar-refractivity contribution in [3.63, 3.8) is 0 Å². The van der Waals surface area contributed by atoms with E-state index in [2.05, 4.69) is 20.9 Å². The molecular formula is C16H10BrF2NO. The van der Waals surface area contributed by atoms with Gasteiger partial charge in [0.25, 0.3) is 0 Å². The van der Waals surface area contributed by atoms with Crippen LogP contribution in [0.2, 0.25) is 0 Å². The molecule has 106 valence electrons. The molecule has 0 aliphatic heterocycles. The van der Waals surface area contributed by atoms with Gasteiger partial charge < -0.3 is 5.11 Å². The van der Waals surface area contributed by atoms with Crippen LogP contribution in [-0.2, 0) is 0 Å². The van der Waals surface area contributed by atoms with Crippen molar-refractivity contribution in [3.05, 3.63) is 75.9 Å². The maximum absolute atomic E-state index is 13.6. The van der Waals surface area contributed by atoms with Crippen molar-refractivity contribution in [3.8, 4) is 0 Å². The van der Waals surface area contributed by atoms with Crippen molar-refractivity contribution in [2.24, 2.45) is 0 Å². The molecule has 1 N–H and O–H groups in total. The van der Waals surface area contributed by atoms with Crippen LogP contribution in [0.1, 0.15) is 17.2 Å². The highest BCUT2D eigenvalue weighted by Gasteiger charge is 2.20. The first-order chi connectivity index (χ1) is 10.1. The summed E-state index contributed by atoms with van der Waals surface area (Å²) in [5.41, 5.74) is 1.59. The van der Waals surface area contributed by atoms with Gasteiger partial charge in [-0.15, -0.1) is 0 Å². The Morgan fingerprint density at radius 2 is 1.81 bits per heavy atom. The van der Waals surface area contributed by atoms with E-state index in [1.54, 1.807) is 24.4 Å². The topological polar surface area (TPSA) is 33.1 Å². The average Bonchev–Trinajstić information content (AvgIpc) is 2.51. The molecule has 2 nitrogen and oxygen atoms in total. The standard InChI is InChI=1S/C16H10BrF2NO/c17-14-11(6-7-12(18)15(14)19)16(21)10-3-1-5-13-9(10)4-2-8-20-13/h1-8,16,21H. The van der Waals surface area contributed by atoms with E-state index in [0.29, 0.717) is 5.56 Å². The molecule has 0 bridgehead atoms. The third kappa shape index (κ3) is 2.43. The number of halogens is 3. The molecule has 0 radical (unpaired) electrons. The van der Waals surface area contributed by atoms with Crippen molar-refractivity contribution in [1.29, 1.82) is 0 Å². The predicted molar refractivity (Wildman–Crippen MR) is 79.9 cm³/mol. The molecule has 1 unspecified atom stereocenters. The highest BCUT2D eigenvalue weighted by Crippen LogP contribution is 2.34. The van der Waals surface area contributed by atoms with E-state index in [9.17, 15) is 13.9 Å². The van der Waals surface area contributed by atoms with E-state index < -0.39 is 17.7 Å². The number of benzene rings is 2. The second kappa shape index (κ2) is 5.50. The van der Waals surface area contributed by atoms with Crippen LogP contribution in [-0.4, -0.2) is 10.1 Å². The van der Waals surface area contributed by atoms with E-state index in [-0.39, 0.29) is 10.0 Å². The smallest absolute Gasteiger partial charge is 0.173 e. The summed E-state index contributed by atoms with van der Waals surface area (Å²) in [6, 6.07) is 11.3. The van der Waals surface area contributed by atoms with Gasteiger partial charge in [-0.25, -0.2) is 8.78 Å². The Balaban J connectivity index is 2.17. The summed E-state index contributed by atoms with van der Waals surface area (Å²) < 4.78 is 26.7. The molecule has 0 amide bonds. The van der Waals surface area contributed by atoms with Gasteiger partial charge in [0.1, 0.15) is 6.10 Å². The molecule has 0 fully saturated rings. The number of hydrogen-bond acceptors (Lipinski definition) is 2. The molecule has 0 aliphatic rings. The van der Waals surface area contributed by atoms with E-state index in [0.717, 1.165) is 17.0 Å². The number of hydrogen-bond donors (Lipinski definition) is 1. The monoisotopic (exact) mass is 349 g/mol. The van der Waals surface area contributed by atoms with Crippen LogP contribution in [0, 0.1) is 11.6 Å². The van der Waals surface area contributed by atoms with Crippen LogP contribution in [0.15, 0.2) is 53.1 Å². The zero-order valence-electron chi connectivity index (χ0n) is 10.7. The number of aliphatic hydroxyl groups is 1. The highest BCUT2D eigenvalue weighted by molar-refractivity contribution is 9.10. The lowest BCUT2D eigenvalue weighted by Gasteiger charge is -2.16. The molecule has 1 heterocycles. The zero-order chi connectivity index (χ0) is 15.0. The fourth-order valence-electron chi connectivity index (χ4n) is 2.29. The summed E-state index contributed by atoms with van der Waals surface area (Å²) in [6.45, 7) is 0. The first kappa shape index (κ1) is 14.1. The number of aromatic nitrogens is 1. The molecule has 3 rings (SSSR count). The van der Waals surface area contributed by atoms with Gasteiger partial charge in [0, 0.05) is 17.1 Å². The number of nitrogens with zero attached hydrogens (tertiary/aromatic N) is 1. The molecule has 0 spiro atoms. The van der Waals surface area contributed by atoms with Crippen LogP contribution >= 0.6 is 15.9 Å². The summed E-state index contributed by atoms with van der Waals surface area (Å²) in [6.07, 6.45) is 0.578. The molecule has 0 saturated carbocycles. The molecule has 1 aromatic heterocycles. The molecular weight excluding hydrogens is 340 g/mol. The molecule has 21 heavy (non-hydrogen) atoms. The number of rotatable bonds is 2. The number of fused-ring (bicyclic) bond motifs is 1. The summed E-state index contributed by atoms with van der Waals surface area (Å²) in [7, 11) is 0. The molecule has 2 aromatic carbocycles. The Morgan fingerprint density at radius 1 is 1.00 bits per heavy atom. The van der Waals surface area contributed by atoms with Gasteiger partial charge in [-0.1, -0.05) is 24.3 Å². The van der Waals surface area contributed by atoms with E-state index >= 15 is 0 Å². The van der Waals surface area contributed by atoms with Crippen molar-refractivity contribution < 1.29 is 13.9 Å². The van der Waals surface area contributed by atoms with Gasteiger partial charge in [-0.3, -0.25) is 4.98 Å². The fourth-order valence-corrected chi connectivity index (χ4v) is 2.82. The first-order valence-corrected chi connectivity index (χ1v) is 7.04. The normalized spacial score (nSPS) is 12.6. The van der Waals surface area contributed by atoms with E-state index in [1.165, 1.54) is 6.07 Å². The minimum Gasteiger partial charge on any atom is -0.384 e. The van der Waals surface area contributed by atoms with Crippen molar-refractivity contribution >= 4 is 26.8 Å². The summed E-state index contributed by atoms with van der Waals surface area (Å²) in [4.78, 5) is 4.22. The van der Waals surface area contributed by atoms with Crippen LogP contribution < -0.4 is 0 Å². The van der Waals surface area contributed by atoms with Gasteiger partial charge in [-0.2, -0.15) is 0 Å². The van der Waals surface area contributed by atoms with Crippen LogP contribution in [0.25, 0.3) is 10.9 Å². The van der Waals surface area contributed by atoms with Crippen molar-refractivity contribution in [2.75, 3.05) is 0 Å². The van der Waals surface area contributed by atoms with Gasteiger partial charge in [0.2, 0.25) is 0 Å². The quantitative estimate of drug-likeness (QED) is 0.697. The molecule has 0 aliphatic carbocycles. The minimum atomic E-state index is -1.08. The van der Waals surface area contributed by atoms with Crippen molar-refractivity contribution in [1.82, 2.24) is 4.98 Å². The predicted octanol–water partition coefficient (Wildman–Crippen LogP) is 4.36. The number of pyridine rings is 1. The van der Waals surface area contributed by atoms with Gasteiger partial charge in [0.15, 0.2) is 11.6 Å². The molecule has 1 atom stereocenters. The SMILES string of the molecule is OC(c1ccc(F)c(F)c1Br)c1cccc2ncccc12. The van der Waals surface area contributed by atoms with Crippen LogP contribution in [0.3, 0.4) is 0 Å².